The first-order chi connectivity index (χ1) is 10.9. The maximum absolute atomic E-state index is 12.1. The molecular formula is C17H27N3O3. The van der Waals surface area contributed by atoms with Crippen LogP contribution in [0.5, 0.6) is 11.5 Å². The molecule has 1 aliphatic rings. The summed E-state index contributed by atoms with van der Waals surface area (Å²) in [6.45, 7) is 5.53. The molecule has 1 fully saturated rings. The van der Waals surface area contributed by atoms with Crippen LogP contribution in [0.4, 0.5) is 5.69 Å². The third kappa shape index (κ3) is 4.28. The predicted octanol–water partition coefficient (Wildman–Crippen LogP) is 1.38. The lowest BCUT2D eigenvalue weighted by molar-refractivity contribution is -0.123. The van der Waals surface area contributed by atoms with Gasteiger partial charge in [0, 0.05) is 43.0 Å². The summed E-state index contributed by atoms with van der Waals surface area (Å²) in [6.07, 6.45) is 0.899. The molecule has 6 heteroatoms. The van der Waals surface area contributed by atoms with Crippen LogP contribution in [0.1, 0.15) is 20.3 Å². The number of ether oxygens (including phenoxy) is 2. The molecule has 0 bridgehead atoms. The van der Waals surface area contributed by atoms with Crippen molar-refractivity contribution in [1.29, 1.82) is 0 Å². The Morgan fingerprint density at radius 3 is 2.39 bits per heavy atom. The van der Waals surface area contributed by atoms with Crippen molar-refractivity contribution in [2.45, 2.75) is 32.4 Å². The van der Waals surface area contributed by atoms with Gasteiger partial charge in [0.2, 0.25) is 5.91 Å². The lowest BCUT2D eigenvalue weighted by atomic mass is 10.0. The molecule has 1 aliphatic heterocycles. The third-order valence-electron chi connectivity index (χ3n) is 4.26. The van der Waals surface area contributed by atoms with Gasteiger partial charge in [0.1, 0.15) is 11.5 Å². The van der Waals surface area contributed by atoms with E-state index in [0.717, 1.165) is 36.7 Å². The molecule has 1 aromatic carbocycles. The van der Waals surface area contributed by atoms with E-state index in [9.17, 15) is 4.79 Å². The van der Waals surface area contributed by atoms with E-state index < -0.39 is 6.04 Å². The quantitative estimate of drug-likeness (QED) is 0.828. The normalized spacial score (nSPS) is 18.9. The number of nitrogens with one attached hydrogen (secondary N) is 1. The SMILES string of the molecule is COc1cc(OC)cc(N2CCC(NC(=O)[C@@H](N)C(C)C)C2)c1. The minimum Gasteiger partial charge on any atom is -0.497 e. The number of carbonyl (C=O) groups excluding carboxylic acids is 1. The van der Waals surface area contributed by atoms with E-state index in [0.29, 0.717) is 0 Å². The van der Waals surface area contributed by atoms with E-state index in [1.165, 1.54) is 0 Å². The number of methoxy groups -OCH3 is 2. The van der Waals surface area contributed by atoms with Gasteiger partial charge in [-0.3, -0.25) is 4.79 Å². The summed E-state index contributed by atoms with van der Waals surface area (Å²) in [5.74, 6) is 1.58. The second kappa shape index (κ2) is 7.55. The summed E-state index contributed by atoms with van der Waals surface area (Å²) in [5, 5.41) is 3.05. The van der Waals surface area contributed by atoms with E-state index in [2.05, 4.69) is 10.2 Å². The summed E-state index contributed by atoms with van der Waals surface area (Å²) in [7, 11) is 3.28. The Bertz CT molecular complexity index is 526. The molecule has 1 aromatic rings. The fourth-order valence-electron chi connectivity index (χ4n) is 2.69. The summed E-state index contributed by atoms with van der Waals surface area (Å²) in [6, 6.07) is 5.46. The van der Waals surface area contributed by atoms with Crippen LogP contribution in [0, 0.1) is 5.92 Å². The summed E-state index contributed by atoms with van der Waals surface area (Å²) >= 11 is 0. The average molecular weight is 321 g/mol. The molecule has 0 spiro atoms. The molecule has 1 heterocycles. The van der Waals surface area contributed by atoms with Crippen LogP contribution in [-0.2, 0) is 4.79 Å². The van der Waals surface area contributed by atoms with Crippen molar-refractivity contribution in [3.05, 3.63) is 18.2 Å². The first kappa shape index (κ1) is 17.4. The molecule has 2 atom stereocenters. The Kier molecular flexibility index (Phi) is 5.71. The van der Waals surface area contributed by atoms with Gasteiger partial charge in [-0.2, -0.15) is 0 Å². The lowest BCUT2D eigenvalue weighted by Gasteiger charge is -2.22. The third-order valence-corrected chi connectivity index (χ3v) is 4.26. The largest absolute Gasteiger partial charge is 0.497 e. The minimum absolute atomic E-state index is 0.0740. The predicted molar refractivity (Wildman–Crippen MR) is 91.1 cm³/mol. The van der Waals surface area contributed by atoms with Crippen LogP contribution in [0.25, 0.3) is 0 Å². The Labute approximate surface area is 137 Å². The Morgan fingerprint density at radius 2 is 1.87 bits per heavy atom. The summed E-state index contributed by atoms with van der Waals surface area (Å²) in [4.78, 5) is 14.3. The Balaban J connectivity index is 2.01. The average Bonchev–Trinajstić information content (AvgIpc) is 3.01. The van der Waals surface area contributed by atoms with Gasteiger partial charge in [-0.25, -0.2) is 0 Å². The van der Waals surface area contributed by atoms with Gasteiger partial charge in [-0.15, -0.1) is 0 Å². The molecule has 1 saturated heterocycles. The Hall–Kier alpha value is -1.95. The van der Waals surface area contributed by atoms with Gasteiger partial charge < -0.3 is 25.4 Å². The molecule has 2 rings (SSSR count). The smallest absolute Gasteiger partial charge is 0.237 e. The maximum Gasteiger partial charge on any atom is 0.237 e. The highest BCUT2D eigenvalue weighted by Gasteiger charge is 2.27. The number of benzene rings is 1. The zero-order valence-corrected chi connectivity index (χ0v) is 14.3. The van der Waals surface area contributed by atoms with Gasteiger partial charge in [0.25, 0.3) is 0 Å². The van der Waals surface area contributed by atoms with E-state index in [1.807, 2.05) is 32.0 Å². The second-order valence-electron chi connectivity index (χ2n) is 6.28. The van der Waals surface area contributed by atoms with Gasteiger partial charge >= 0.3 is 0 Å². The monoisotopic (exact) mass is 321 g/mol. The standard InChI is InChI=1S/C17H27N3O3/c1-11(2)16(18)17(21)19-12-5-6-20(10-12)13-7-14(22-3)9-15(8-13)23-4/h7-9,11-12,16H,5-6,10,18H2,1-4H3,(H,19,21)/t12?,16-/m0/s1. The number of hydrogen-bond donors (Lipinski definition) is 2. The lowest BCUT2D eigenvalue weighted by Crippen LogP contribution is -2.48. The van der Waals surface area contributed by atoms with Crippen LogP contribution >= 0.6 is 0 Å². The molecule has 3 N–H and O–H groups in total. The number of hydrogen-bond acceptors (Lipinski definition) is 5. The number of nitrogens with zero attached hydrogens (tertiary/aromatic N) is 1. The molecule has 1 unspecified atom stereocenters. The van der Waals surface area contributed by atoms with Crippen molar-refractivity contribution in [2.24, 2.45) is 11.7 Å². The topological polar surface area (TPSA) is 76.8 Å². The van der Waals surface area contributed by atoms with Crippen molar-refractivity contribution < 1.29 is 14.3 Å². The first-order valence-electron chi connectivity index (χ1n) is 7.98. The molecule has 6 nitrogen and oxygen atoms in total. The molecule has 0 radical (unpaired) electrons. The highest BCUT2D eigenvalue weighted by molar-refractivity contribution is 5.82. The number of nitrogens with two attached hydrogens (primary N) is 1. The van der Waals surface area contributed by atoms with E-state index in [1.54, 1.807) is 14.2 Å². The number of carbonyl (C=O) groups is 1. The molecule has 128 valence electrons. The van der Waals surface area contributed by atoms with E-state index >= 15 is 0 Å². The molecule has 0 saturated carbocycles. The summed E-state index contributed by atoms with van der Waals surface area (Å²) < 4.78 is 10.6. The summed E-state index contributed by atoms with van der Waals surface area (Å²) in [5.41, 5.74) is 6.93. The molecule has 0 aliphatic carbocycles. The van der Waals surface area contributed by atoms with Gasteiger partial charge in [-0.05, 0) is 12.3 Å². The molecule has 0 aromatic heterocycles. The van der Waals surface area contributed by atoms with Crippen molar-refractivity contribution in [1.82, 2.24) is 5.32 Å². The fourth-order valence-corrected chi connectivity index (χ4v) is 2.69. The molecule has 1 amide bonds. The number of amides is 1. The number of rotatable bonds is 6. The minimum atomic E-state index is -0.457. The first-order valence-corrected chi connectivity index (χ1v) is 7.98. The zero-order valence-electron chi connectivity index (χ0n) is 14.3. The van der Waals surface area contributed by atoms with Crippen LogP contribution in [0.2, 0.25) is 0 Å². The van der Waals surface area contributed by atoms with Crippen LogP contribution in [0.15, 0.2) is 18.2 Å². The van der Waals surface area contributed by atoms with E-state index in [4.69, 9.17) is 15.2 Å². The Morgan fingerprint density at radius 1 is 1.26 bits per heavy atom. The van der Waals surface area contributed by atoms with Crippen LogP contribution in [0.3, 0.4) is 0 Å². The van der Waals surface area contributed by atoms with Crippen molar-refractivity contribution >= 4 is 11.6 Å². The fraction of sp³-hybridized carbons (Fsp3) is 0.588. The van der Waals surface area contributed by atoms with Gasteiger partial charge in [0.15, 0.2) is 0 Å². The zero-order chi connectivity index (χ0) is 17.0. The van der Waals surface area contributed by atoms with Gasteiger partial charge in [-0.1, -0.05) is 13.8 Å². The highest BCUT2D eigenvalue weighted by atomic mass is 16.5. The number of anilines is 1. The molecule has 23 heavy (non-hydrogen) atoms. The van der Waals surface area contributed by atoms with Gasteiger partial charge in [0.05, 0.1) is 20.3 Å². The van der Waals surface area contributed by atoms with Crippen LogP contribution in [-0.4, -0.2) is 45.3 Å². The molecular weight excluding hydrogens is 294 g/mol. The van der Waals surface area contributed by atoms with Crippen LogP contribution < -0.4 is 25.4 Å². The van der Waals surface area contributed by atoms with Crippen molar-refractivity contribution in [2.75, 3.05) is 32.2 Å². The van der Waals surface area contributed by atoms with Crippen molar-refractivity contribution in [3.63, 3.8) is 0 Å². The second-order valence-corrected chi connectivity index (χ2v) is 6.28. The van der Waals surface area contributed by atoms with E-state index in [-0.39, 0.29) is 17.9 Å². The van der Waals surface area contributed by atoms with Crippen molar-refractivity contribution in [3.8, 4) is 11.5 Å². The maximum atomic E-state index is 12.1. The highest BCUT2D eigenvalue weighted by Crippen LogP contribution is 2.30.